The number of nitrogen functional groups attached to an aromatic ring is 1. The highest BCUT2D eigenvalue weighted by Crippen LogP contribution is 2.21. The van der Waals surface area contributed by atoms with E-state index in [9.17, 15) is 10.1 Å². The first kappa shape index (κ1) is 47.2. The van der Waals surface area contributed by atoms with Crippen molar-refractivity contribution >= 4 is 22.4 Å². The van der Waals surface area contributed by atoms with Crippen LogP contribution in [0.4, 0.5) is 11.6 Å². The maximum absolute atomic E-state index is 9.24. The Morgan fingerprint density at radius 2 is 1.45 bits per heavy atom. The summed E-state index contributed by atoms with van der Waals surface area (Å²) < 4.78 is 6.05. The van der Waals surface area contributed by atoms with Crippen molar-refractivity contribution in [2.45, 2.75) is 39.0 Å². The maximum Gasteiger partial charge on any atom is 0.193 e. The molecule has 1 aromatic carbocycles. The number of β-amino-alcohol motifs (C(OH)–C–C–N with tert-alkyl or cyclic N) is 1. The van der Waals surface area contributed by atoms with Gasteiger partial charge in [0.05, 0.1) is 29.6 Å². The van der Waals surface area contributed by atoms with Crippen molar-refractivity contribution in [3.05, 3.63) is 70.0 Å². The third-order valence-corrected chi connectivity index (χ3v) is 7.10. The second-order valence-corrected chi connectivity index (χ2v) is 11.1. The zero-order valence-corrected chi connectivity index (χ0v) is 32.4. The molecule has 0 atom stereocenters. The number of nitrogens with one attached hydrogen (secondary N) is 2. The third kappa shape index (κ3) is 22.4. The molecule has 1 fully saturated rings. The highest BCUT2D eigenvalue weighted by atomic mass is 16.7. The molecule has 2 aromatic heterocycles. The lowest BCUT2D eigenvalue weighted by Crippen LogP contribution is -2.38. The molecular formula is C46H60N10O4. The Bertz CT molecular complexity index is 2700. The fraction of sp³-hybridized carbons (Fsp3) is 0.217. The number of hydrazine groups is 1. The number of rotatable bonds is 10. The van der Waals surface area contributed by atoms with Gasteiger partial charge < -0.3 is 35.9 Å². The average Bonchev–Trinajstić information content (AvgIpc) is 3.26. The minimum absolute atomic E-state index is 0. The number of terminal acetylenes is 1. The van der Waals surface area contributed by atoms with Crippen LogP contribution in [-0.2, 0) is 17.9 Å². The summed E-state index contributed by atoms with van der Waals surface area (Å²) >= 11 is 0. The van der Waals surface area contributed by atoms with E-state index in [0.717, 1.165) is 60.2 Å². The first-order valence-corrected chi connectivity index (χ1v) is 17.5. The third-order valence-electron chi connectivity index (χ3n) is 7.10. The van der Waals surface area contributed by atoms with Gasteiger partial charge in [0.2, 0.25) is 0 Å². The molecule has 0 saturated carbocycles. The van der Waals surface area contributed by atoms with E-state index in [-0.39, 0.29) is 29.8 Å². The topological polar surface area (TPSA) is 202 Å². The van der Waals surface area contributed by atoms with Crippen LogP contribution in [0, 0.1) is 141 Å². The monoisotopic (exact) mass is 816 g/mol. The molecular weight excluding hydrogens is 757 g/mol. The molecule has 0 unspecified atom stereocenters. The molecule has 1 aliphatic rings. The SMILES string of the molecule is C#CC#CC#CC#CC#CC#CC#CC#CC#CC#CC#CC.NN=NN[N+](=O)[O-].Nc1nccc2cc(CNc3ccc(COC4CCN(CCO)CC4)cn3)ccc12.[HH].[HH].[HH].[HH].[HH].[HH].[HH].[HH].[HH].[HH].[HH].[HH]. The zero-order chi connectivity index (χ0) is 43.3. The Hall–Kier alpha value is -8.98. The number of piperidine rings is 1. The Morgan fingerprint density at radius 3 is 1.93 bits per heavy atom. The molecule has 14 nitrogen and oxygen atoms in total. The number of nitro groups is 1. The molecule has 14 heteroatoms. The number of anilines is 2. The van der Waals surface area contributed by atoms with E-state index in [1.807, 2.05) is 24.4 Å². The first-order valence-electron chi connectivity index (χ1n) is 17.5. The van der Waals surface area contributed by atoms with Crippen LogP contribution in [0.3, 0.4) is 0 Å². The van der Waals surface area contributed by atoms with E-state index in [1.54, 1.807) is 13.1 Å². The molecule has 1 aliphatic heterocycles. The molecule has 0 spiro atoms. The average molecular weight is 817 g/mol. The summed E-state index contributed by atoms with van der Waals surface area (Å²) in [5.41, 5.74) is 9.51. The summed E-state index contributed by atoms with van der Waals surface area (Å²) in [4.78, 5) is 20.2. The quantitative estimate of drug-likeness (QED) is 0.0574. The predicted molar refractivity (Wildman–Crippen MR) is 256 cm³/mol. The van der Waals surface area contributed by atoms with Crippen molar-refractivity contribution in [2.75, 3.05) is 37.3 Å². The van der Waals surface area contributed by atoms with Gasteiger partial charge in [-0.05, 0) is 149 Å². The standard InChI is InChI=1S/C23H29N5O2.C23H4.H3N5O2.12H2/c24-23-21-3-1-17(13-19(21)5-8-25-23)14-26-22-4-2-18(15-27-22)16-30-20-6-9-28(10-7-20)11-12-29;1-3-5-7-9-11-13-15-17-19-21-23-22-20-18-16-14-12-10-8-6-4-2;1-2-3-4-5(6)7;;;;;;;;;;;;/h1-5,8,13,15,20,29H,6-7,9-12,14,16H2,(H2,24,25)(H,26,27);1H,2H3;(H2,1,3)(H,2,4);12*1H. The van der Waals surface area contributed by atoms with Crippen LogP contribution in [0.15, 0.2) is 59.2 Å². The van der Waals surface area contributed by atoms with Crippen molar-refractivity contribution < 1.29 is 32.0 Å². The lowest BCUT2D eigenvalue weighted by Gasteiger charge is -2.31. The number of hydrogen-bond donors (Lipinski definition) is 5. The van der Waals surface area contributed by atoms with Crippen molar-refractivity contribution in [1.29, 1.82) is 0 Å². The Balaban J connectivity index is -0.0000000899. The van der Waals surface area contributed by atoms with Crippen molar-refractivity contribution in [1.82, 2.24) is 20.4 Å². The highest BCUT2D eigenvalue weighted by molar-refractivity contribution is 5.91. The summed E-state index contributed by atoms with van der Waals surface area (Å²) in [7, 11) is 0. The fourth-order valence-electron chi connectivity index (χ4n) is 4.51. The van der Waals surface area contributed by atoms with Crippen molar-refractivity contribution in [2.24, 2.45) is 16.3 Å². The number of nitrogens with two attached hydrogens (primary N) is 2. The lowest BCUT2D eigenvalue weighted by atomic mass is 10.1. The highest BCUT2D eigenvalue weighted by Gasteiger charge is 2.19. The molecule has 0 amide bonds. The van der Waals surface area contributed by atoms with Gasteiger partial charge in [0, 0.05) is 90.3 Å². The summed E-state index contributed by atoms with van der Waals surface area (Å²) in [6.45, 7) is 5.93. The molecule has 0 aliphatic carbocycles. The van der Waals surface area contributed by atoms with Crippen LogP contribution in [0.5, 0.6) is 0 Å². The largest absolute Gasteiger partial charge is 0.395 e. The summed E-state index contributed by atoms with van der Waals surface area (Å²) in [5, 5.41) is 28.0. The number of aromatic nitrogens is 2. The van der Waals surface area contributed by atoms with Gasteiger partial charge >= 0.3 is 0 Å². The number of aliphatic hydroxyl groups excluding tert-OH is 1. The minimum atomic E-state index is -0.879. The van der Waals surface area contributed by atoms with Crippen LogP contribution in [-0.4, -0.2) is 57.4 Å². The molecule has 7 N–H and O–H groups in total. The van der Waals surface area contributed by atoms with E-state index in [4.69, 9.17) is 22.0 Å². The molecule has 0 radical (unpaired) electrons. The van der Waals surface area contributed by atoms with Gasteiger partial charge in [-0.15, -0.1) is 6.42 Å². The number of aliphatic hydroxyl groups is 1. The molecule has 318 valence electrons. The predicted octanol–water partition coefficient (Wildman–Crippen LogP) is 5.43. The molecule has 1 saturated heterocycles. The molecule has 4 rings (SSSR count). The minimum Gasteiger partial charge on any atom is -0.395 e. The number of fused-ring (bicyclic) bond motifs is 1. The maximum atomic E-state index is 9.24. The molecule has 3 heterocycles. The fourth-order valence-corrected chi connectivity index (χ4v) is 4.51. The number of hydrogen-bond acceptors (Lipinski definition) is 11. The van der Waals surface area contributed by atoms with E-state index < -0.39 is 5.03 Å². The van der Waals surface area contributed by atoms with Crippen molar-refractivity contribution in [3.8, 4) is 131 Å². The van der Waals surface area contributed by atoms with Crippen LogP contribution >= 0.6 is 0 Å². The number of ether oxygens (including phenoxy) is 1. The van der Waals surface area contributed by atoms with Crippen LogP contribution in [0.1, 0.15) is 48.0 Å². The van der Waals surface area contributed by atoms with Crippen molar-refractivity contribution in [3.63, 3.8) is 0 Å². The van der Waals surface area contributed by atoms with Gasteiger partial charge in [0.1, 0.15) is 11.6 Å². The second kappa shape index (κ2) is 31.2. The zero-order valence-electron chi connectivity index (χ0n) is 32.4. The summed E-state index contributed by atoms with van der Waals surface area (Å²) in [6, 6.07) is 12.2. The number of benzene rings is 1. The van der Waals surface area contributed by atoms with Gasteiger partial charge in [-0.1, -0.05) is 24.1 Å². The van der Waals surface area contributed by atoms with Gasteiger partial charge in [0.15, 0.2) is 5.22 Å². The number of nitrogens with zero attached hydrogens (tertiary/aromatic N) is 6. The number of pyridine rings is 2. The van der Waals surface area contributed by atoms with E-state index in [1.165, 1.54) is 5.53 Å². The smallest absolute Gasteiger partial charge is 0.193 e. The van der Waals surface area contributed by atoms with Gasteiger partial charge in [-0.3, -0.25) is 5.84 Å². The van der Waals surface area contributed by atoms with E-state index >= 15 is 0 Å². The van der Waals surface area contributed by atoms with E-state index in [2.05, 4.69) is 179 Å². The normalized spacial score (nSPS) is 10.3. The summed E-state index contributed by atoms with van der Waals surface area (Å²) in [5.74, 6) is 57.7. The summed E-state index contributed by atoms with van der Waals surface area (Å²) in [6.07, 6.45) is 10.8. The first-order chi connectivity index (χ1) is 29.4. The van der Waals surface area contributed by atoms with Crippen LogP contribution in [0.2, 0.25) is 0 Å². The Kier molecular flexibility index (Phi) is 24.6. The Morgan fingerprint density at radius 1 is 0.883 bits per heavy atom. The van der Waals surface area contributed by atoms with Gasteiger partial charge in [0.25, 0.3) is 0 Å². The number of likely N-dealkylation sites (tertiary alicyclic amines) is 1. The lowest BCUT2D eigenvalue weighted by molar-refractivity contribution is -0.546. The van der Waals surface area contributed by atoms with Gasteiger partial charge in [-0.25, -0.2) is 9.97 Å². The molecule has 3 aromatic rings. The van der Waals surface area contributed by atoms with Gasteiger partial charge in [-0.2, -0.15) is 0 Å². The molecule has 0 bridgehead atoms. The van der Waals surface area contributed by atoms with Crippen LogP contribution < -0.4 is 22.4 Å². The molecule has 60 heavy (non-hydrogen) atoms. The van der Waals surface area contributed by atoms with Crippen LogP contribution in [0.25, 0.3) is 10.8 Å². The second-order valence-electron chi connectivity index (χ2n) is 11.1. The Labute approximate surface area is 368 Å². The van der Waals surface area contributed by atoms with E-state index in [0.29, 0.717) is 19.0 Å².